The van der Waals surface area contributed by atoms with Crippen LogP contribution in [-0.2, 0) is 4.79 Å². The molecule has 0 saturated heterocycles. The Morgan fingerprint density at radius 1 is 1.05 bits per heavy atom. The van der Waals surface area contributed by atoms with Gasteiger partial charge in [0.1, 0.15) is 0 Å². The molecule has 0 atom stereocenters. The molecule has 1 heterocycles. The van der Waals surface area contributed by atoms with E-state index in [-0.39, 0.29) is 5.13 Å². The Morgan fingerprint density at radius 2 is 1.62 bits per heavy atom. The van der Waals surface area contributed by atoms with Crippen LogP contribution in [0.25, 0.3) is 0 Å². The number of rotatable bonds is 4. The molecule has 1 N–H and O–H groups in total. The van der Waals surface area contributed by atoms with Crippen molar-refractivity contribution < 1.29 is 31.5 Å². The Morgan fingerprint density at radius 3 is 2.14 bits per heavy atom. The average molecular weight is 326 g/mol. The van der Waals surface area contributed by atoms with Crippen molar-refractivity contribution in [2.75, 3.05) is 11.9 Å². The second kappa shape index (κ2) is 5.95. The van der Waals surface area contributed by atoms with E-state index in [0.717, 1.165) is 0 Å². The Kier molecular flexibility index (Phi) is 4.26. The molecule has 0 unspecified atom stereocenters. The molecule has 0 aliphatic carbocycles. The van der Waals surface area contributed by atoms with Gasteiger partial charge >= 0.3 is 0 Å². The topological polar surface area (TPSA) is 77.0 Å². The van der Waals surface area contributed by atoms with E-state index in [2.05, 4.69) is 24.9 Å². The second-order valence-electron chi connectivity index (χ2n) is 3.40. The lowest BCUT2D eigenvalue weighted by atomic mass is 10.2. The molecule has 0 aliphatic rings. The normalized spacial score (nSPS) is 10.5. The van der Waals surface area contributed by atoms with Crippen LogP contribution >= 0.6 is 11.5 Å². The van der Waals surface area contributed by atoms with Gasteiger partial charge in [-0.1, -0.05) is 9.59 Å². The molecule has 2 aromatic rings. The standard InChI is InChI=1S/C9H3F5N4O2S/c10-3-4(11)6(13)8(7(14)5(3)12)20-1-2(19)15-9-16-17-18-21-9/h1H2,(H,15,16,18,19). The van der Waals surface area contributed by atoms with E-state index in [1.165, 1.54) is 0 Å². The average Bonchev–Trinajstić information content (AvgIpc) is 2.96. The lowest BCUT2D eigenvalue weighted by molar-refractivity contribution is -0.118. The van der Waals surface area contributed by atoms with E-state index in [1.54, 1.807) is 0 Å². The van der Waals surface area contributed by atoms with E-state index in [9.17, 15) is 26.7 Å². The zero-order valence-electron chi connectivity index (χ0n) is 9.66. The molecule has 0 aliphatic heterocycles. The monoisotopic (exact) mass is 326 g/mol. The summed E-state index contributed by atoms with van der Waals surface area (Å²) in [6, 6.07) is 0. The number of aromatic nitrogens is 3. The lowest BCUT2D eigenvalue weighted by Gasteiger charge is -2.09. The fourth-order valence-electron chi connectivity index (χ4n) is 1.19. The SMILES string of the molecule is O=C(COc1c(F)c(F)c(F)c(F)c1F)Nc1nnns1. The lowest BCUT2D eigenvalue weighted by Crippen LogP contribution is -2.21. The molecule has 12 heteroatoms. The molecule has 0 bridgehead atoms. The zero-order chi connectivity index (χ0) is 15.6. The van der Waals surface area contributed by atoms with Crippen LogP contribution in [0.1, 0.15) is 0 Å². The van der Waals surface area contributed by atoms with Crippen LogP contribution in [-0.4, -0.2) is 27.3 Å². The largest absolute Gasteiger partial charge is 0.477 e. The fourth-order valence-corrected chi connectivity index (χ4v) is 1.57. The van der Waals surface area contributed by atoms with Gasteiger partial charge in [-0.05, 0) is 5.21 Å². The number of amides is 1. The third-order valence-corrected chi connectivity index (χ3v) is 2.57. The van der Waals surface area contributed by atoms with Crippen LogP contribution in [0.4, 0.5) is 27.1 Å². The fraction of sp³-hybridized carbons (Fsp3) is 0.111. The highest BCUT2D eigenvalue weighted by Gasteiger charge is 2.27. The first kappa shape index (κ1) is 15.0. The van der Waals surface area contributed by atoms with Gasteiger partial charge in [0.15, 0.2) is 12.4 Å². The van der Waals surface area contributed by atoms with Crippen molar-refractivity contribution in [1.82, 2.24) is 14.8 Å². The Hall–Kier alpha value is -2.37. The highest BCUT2D eigenvalue weighted by atomic mass is 32.1. The number of carbonyl (C=O) groups excluding carboxylic acids is 1. The Balaban J connectivity index is 2.12. The van der Waals surface area contributed by atoms with Gasteiger partial charge in [-0.25, -0.2) is 13.2 Å². The maximum Gasteiger partial charge on any atom is 0.264 e. The van der Waals surface area contributed by atoms with Crippen molar-refractivity contribution in [1.29, 1.82) is 0 Å². The van der Waals surface area contributed by atoms with Crippen LogP contribution in [0.15, 0.2) is 0 Å². The summed E-state index contributed by atoms with van der Waals surface area (Å²) in [5, 5.41) is 8.55. The molecule has 6 nitrogen and oxygen atoms in total. The molecule has 2 rings (SSSR count). The van der Waals surface area contributed by atoms with Crippen molar-refractivity contribution in [3.63, 3.8) is 0 Å². The second-order valence-corrected chi connectivity index (χ2v) is 4.14. The Bertz CT molecular complexity index is 652. The molecular weight excluding hydrogens is 323 g/mol. The minimum absolute atomic E-state index is 0.0268. The predicted molar refractivity (Wildman–Crippen MR) is 58.1 cm³/mol. The van der Waals surface area contributed by atoms with Gasteiger partial charge in [0.25, 0.3) is 5.91 Å². The number of hydrogen-bond donors (Lipinski definition) is 1. The molecule has 1 amide bonds. The molecular formula is C9H3F5N4O2S. The molecule has 1 aromatic carbocycles. The predicted octanol–water partition coefficient (Wildman–Crippen LogP) is 1.65. The van der Waals surface area contributed by atoms with Gasteiger partial charge in [-0.2, -0.15) is 8.78 Å². The third-order valence-electron chi connectivity index (χ3n) is 2.06. The van der Waals surface area contributed by atoms with Crippen LogP contribution < -0.4 is 10.1 Å². The van der Waals surface area contributed by atoms with Crippen molar-refractivity contribution in [2.24, 2.45) is 0 Å². The van der Waals surface area contributed by atoms with Crippen molar-refractivity contribution in [3.05, 3.63) is 29.1 Å². The van der Waals surface area contributed by atoms with Gasteiger partial charge in [-0.3, -0.25) is 10.1 Å². The molecule has 21 heavy (non-hydrogen) atoms. The van der Waals surface area contributed by atoms with Crippen molar-refractivity contribution in [3.8, 4) is 5.75 Å². The van der Waals surface area contributed by atoms with Crippen LogP contribution in [0.2, 0.25) is 0 Å². The number of nitrogens with zero attached hydrogens (tertiary/aromatic N) is 3. The first-order valence-electron chi connectivity index (χ1n) is 5.01. The third kappa shape index (κ3) is 3.04. The van der Waals surface area contributed by atoms with E-state index in [0.29, 0.717) is 11.5 Å². The van der Waals surface area contributed by atoms with Crippen LogP contribution in [0, 0.1) is 29.1 Å². The number of anilines is 1. The summed E-state index contributed by atoms with van der Waals surface area (Å²) in [4.78, 5) is 11.3. The number of nitrogens with one attached hydrogen (secondary N) is 1. The van der Waals surface area contributed by atoms with Crippen molar-refractivity contribution in [2.45, 2.75) is 0 Å². The first-order valence-corrected chi connectivity index (χ1v) is 5.78. The van der Waals surface area contributed by atoms with Crippen LogP contribution in [0.5, 0.6) is 5.75 Å². The minimum atomic E-state index is -2.32. The van der Waals surface area contributed by atoms with Gasteiger partial charge in [0.05, 0.1) is 0 Å². The number of benzene rings is 1. The van der Waals surface area contributed by atoms with Gasteiger partial charge < -0.3 is 4.74 Å². The number of carbonyl (C=O) groups is 1. The molecule has 1 aromatic heterocycles. The molecule has 112 valence electrons. The maximum absolute atomic E-state index is 13.2. The quantitative estimate of drug-likeness (QED) is 0.525. The summed E-state index contributed by atoms with van der Waals surface area (Å²) in [5.41, 5.74) is 0. The minimum Gasteiger partial charge on any atom is -0.477 e. The number of halogens is 5. The number of hydrogen-bond acceptors (Lipinski definition) is 6. The van der Waals surface area contributed by atoms with E-state index in [4.69, 9.17) is 0 Å². The molecule has 0 saturated carbocycles. The van der Waals surface area contributed by atoms with E-state index in [1.807, 2.05) is 0 Å². The summed E-state index contributed by atoms with van der Waals surface area (Å²) in [7, 11) is 0. The van der Waals surface area contributed by atoms with E-state index >= 15 is 0 Å². The summed E-state index contributed by atoms with van der Waals surface area (Å²) >= 11 is 0.709. The van der Waals surface area contributed by atoms with Gasteiger partial charge in [-0.15, -0.1) is 0 Å². The summed E-state index contributed by atoms with van der Waals surface area (Å²) < 4.78 is 72.6. The summed E-state index contributed by atoms with van der Waals surface area (Å²) in [5.74, 6) is -13.5. The van der Waals surface area contributed by atoms with Gasteiger partial charge in [0, 0.05) is 11.5 Å². The summed E-state index contributed by atoms with van der Waals surface area (Å²) in [6.45, 7) is -1.00. The highest BCUT2D eigenvalue weighted by Crippen LogP contribution is 2.28. The van der Waals surface area contributed by atoms with Crippen LogP contribution in [0.3, 0.4) is 0 Å². The maximum atomic E-state index is 13.2. The highest BCUT2D eigenvalue weighted by molar-refractivity contribution is 7.09. The Labute approximate surface area is 116 Å². The first-order chi connectivity index (χ1) is 9.91. The smallest absolute Gasteiger partial charge is 0.264 e. The zero-order valence-corrected chi connectivity index (χ0v) is 10.5. The van der Waals surface area contributed by atoms with E-state index < -0.39 is 47.3 Å². The number of ether oxygens (including phenoxy) is 1. The summed E-state index contributed by atoms with van der Waals surface area (Å²) in [6.07, 6.45) is 0. The molecule has 0 fully saturated rings. The van der Waals surface area contributed by atoms with Crippen molar-refractivity contribution >= 4 is 22.6 Å². The van der Waals surface area contributed by atoms with Gasteiger partial charge in [0.2, 0.25) is 34.2 Å². The molecule has 0 spiro atoms. The molecule has 0 radical (unpaired) electrons.